The maximum atomic E-state index is 11.5. The number of nitrogens with one attached hydrogen (secondary N) is 3. The van der Waals surface area contributed by atoms with Gasteiger partial charge in [-0.1, -0.05) is 6.07 Å². The highest BCUT2D eigenvalue weighted by Crippen LogP contribution is 2.17. The molecule has 1 heterocycles. The molecule has 3 N–H and O–H groups in total. The van der Waals surface area contributed by atoms with E-state index in [4.69, 9.17) is 0 Å². The van der Waals surface area contributed by atoms with Crippen LogP contribution < -0.4 is 15.0 Å². The number of aryl methyl sites for hydroxylation is 1. The number of hydrogen-bond donors (Lipinski definition) is 3. The van der Waals surface area contributed by atoms with Crippen molar-refractivity contribution >= 4 is 26.8 Å². The van der Waals surface area contributed by atoms with Crippen LogP contribution in [0.5, 0.6) is 0 Å². The van der Waals surface area contributed by atoms with Crippen LogP contribution in [0.3, 0.4) is 0 Å². The van der Waals surface area contributed by atoms with Crippen LogP contribution in [-0.4, -0.2) is 20.4 Å². The summed E-state index contributed by atoms with van der Waals surface area (Å²) in [5, 5.41) is 0.847. The number of H-pyrrole nitrogens is 1. The highest BCUT2D eigenvalue weighted by atomic mass is 32.2. The SMILES string of the molecule is CNS(=O)(=O)Nc1ccc2cc(C)c(=O)[nH]c2c1. The smallest absolute Gasteiger partial charge is 0.298 e. The average molecular weight is 267 g/mol. The molecule has 0 fully saturated rings. The molecule has 0 aliphatic carbocycles. The fourth-order valence-corrected chi connectivity index (χ4v) is 2.12. The van der Waals surface area contributed by atoms with Crippen LogP contribution in [0.4, 0.5) is 5.69 Å². The van der Waals surface area contributed by atoms with E-state index in [0.29, 0.717) is 16.8 Å². The lowest BCUT2D eigenvalue weighted by Crippen LogP contribution is -2.26. The molecule has 0 unspecified atom stereocenters. The van der Waals surface area contributed by atoms with E-state index in [1.165, 1.54) is 7.05 Å². The van der Waals surface area contributed by atoms with E-state index in [9.17, 15) is 13.2 Å². The van der Waals surface area contributed by atoms with Crippen molar-refractivity contribution in [2.75, 3.05) is 11.8 Å². The van der Waals surface area contributed by atoms with Crippen molar-refractivity contribution in [3.05, 3.63) is 40.2 Å². The van der Waals surface area contributed by atoms with Crippen molar-refractivity contribution in [2.24, 2.45) is 0 Å². The zero-order chi connectivity index (χ0) is 13.3. The highest BCUT2D eigenvalue weighted by Gasteiger charge is 2.07. The molecule has 0 bridgehead atoms. The monoisotopic (exact) mass is 267 g/mol. The second kappa shape index (κ2) is 4.43. The highest BCUT2D eigenvalue weighted by molar-refractivity contribution is 7.90. The first-order valence-electron chi connectivity index (χ1n) is 5.26. The van der Waals surface area contributed by atoms with Gasteiger partial charge in [-0.05, 0) is 30.5 Å². The van der Waals surface area contributed by atoms with Gasteiger partial charge in [-0.2, -0.15) is 8.42 Å². The minimum atomic E-state index is -3.55. The second-order valence-corrected chi connectivity index (χ2v) is 5.51. The number of anilines is 1. The van der Waals surface area contributed by atoms with Crippen LogP contribution in [0.15, 0.2) is 29.1 Å². The van der Waals surface area contributed by atoms with Crippen LogP contribution in [0, 0.1) is 6.92 Å². The summed E-state index contributed by atoms with van der Waals surface area (Å²) in [6, 6.07) is 6.70. The van der Waals surface area contributed by atoms with Crippen molar-refractivity contribution in [3.8, 4) is 0 Å². The lowest BCUT2D eigenvalue weighted by Gasteiger charge is -2.07. The summed E-state index contributed by atoms with van der Waals surface area (Å²) in [6.45, 7) is 1.72. The van der Waals surface area contributed by atoms with Crippen molar-refractivity contribution in [1.82, 2.24) is 9.71 Å². The Kier molecular flexibility index (Phi) is 3.10. The van der Waals surface area contributed by atoms with E-state index >= 15 is 0 Å². The summed E-state index contributed by atoms with van der Waals surface area (Å²) >= 11 is 0. The Hall–Kier alpha value is -1.86. The number of hydrogen-bond acceptors (Lipinski definition) is 3. The lowest BCUT2D eigenvalue weighted by atomic mass is 10.1. The molecule has 0 amide bonds. The van der Waals surface area contributed by atoms with Gasteiger partial charge in [0.2, 0.25) is 0 Å². The van der Waals surface area contributed by atoms with Gasteiger partial charge in [0.15, 0.2) is 0 Å². The molecule has 18 heavy (non-hydrogen) atoms. The van der Waals surface area contributed by atoms with Crippen LogP contribution in [-0.2, 0) is 10.2 Å². The van der Waals surface area contributed by atoms with E-state index in [-0.39, 0.29) is 5.56 Å². The molecule has 7 heteroatoms. The minimum absolute atomic E-state index is 0.184. The van der Waals surface area contributed by atoms with Gasteiger partial charge in [-0.15, -0.1) is 0 Å². The number of fused-ring (bicyclic) bond motifs is 1. The molecule has 0 aliphatic heterocycles. The van der Waals surface area contributed by atoms with Gasteiger partial charge in [-0.25, -0.2) is 4.72 Å². The van der Waals surface area contributed by atoms with Gasteiger partial charge in [0.05, 0.1) is 11.2 Å². The Morgan fingerprint density at radius 2 is 1.94 bits per heavy atom. The first kappa shape index (κ1) is 12.6. The third-order valence-electron chi connectivity index (χ3n) is 2.55. The molecule has 0 saturated heterocycles. The largest absolute Gasteiger partial charge is 0.322 e. The fraction of sp³-hybridized carbons (Fsp3) is 0.182. The Morgan fingerprint density at radius 1 is 1.22 bits per heavy atom. The summed E-state index contributed by atoms with van der Waals surface area (Å²) in [5.41, 5.74) is 1.40. The number of pyridine rings is 1. The fourth-order valence-electron chi connectivity index (χ4n) is 1.58. The molecule has 0 aliphatic rings. The predicted octanol–water partition coefficient (Wildman–Crippen LogP) is 0.713. The Morgan fingerprint density at radius 3 is 2.61 bits per heavy atom. The van der Waals surface area contributed by atoms with Crippen LogP contribution in [0.25, 0.3) is 10.9 Å². The Balaban J connectivity index is 2.51. The van der Waals surface area contributed by atoms with Gasteiger partial charge >= 0.3 is 0 Å². The molecule has 0 saturated carbocycles. The van der Waals surface area contributed by atoms with Crippen LogP contribution >= 0.6 is 0 Å². The number of aromatic nitrogens is 1. The van der Waals surface area contributed by atoms with Crippen molar-refractivity contribution in [2.45, 2.75) is 6.92 Å². The summed E-state index contributed by atoms with van der Waals surface area (Å²) < 4.78 is 27.1. The molecule has 0 radical (unpaired) electrons. The van der Waals surface area contributed by atoms with Crippen LogP contribution in [0.1, 0.15) is 5.56 Å². The third kappa shape index (κ3) is 2.52. The van der Waals surface area contributed by atoms with E-state index in [1.54, 1.807) is 31.2 Å². The summed E-state index contributed by atoms with van der Waals surface area (Å²) in [5.74, 6) is 0. The Labute approximate surface area is 104 Å². The van der Waals surface area contributed by atoms with Crippen molar-refractivity contribution in [3.63, 3.8) is 0 Å². The lowest BCUT2D eigenvalue weighted by molar-refractivity contribution is 0.593. The maximum Gasteiger partial charge on any atom is 0.298 e. The van der Waals surface area contributed by atoms with E-state index < -0.39 is 10.2 Å². The number of aromatic amines is 1. The summed E-state index contributed by atoms with van der Waals surface area (Å²) in [7, 11) is -2.24. The molecule has 6 nitrogen and oxygen atoms in total. The summed E-state index contributed by atoms with van der Waals surface area (Å²) in [6.07, 6.45) is 0. The van der Waals surface area contributed by atoms with Gasteiger partial charge in [0.25, 0.3) is 15.8 Å². The van der Waals surface area contributed by atoms with Crippen molar-refractivity contribution < 1.29 is 8.42 Å². The third-order valence-corrected chi connectivity index (χ3v) is 3.59. The van der Waals surface area contributed by atoms with Gasteiger partial charge in [0.1, 0.15) is 0 Å². The summed E-state index contributed by atoms with van der Waals surface area (Å²) in [4.78, 5) is 14.2. The zero-order valence-corrected chi connectivity index (χ0v) is 10.8. The Bertz CT molecular complexity index is 750. The predicted molar refractivity (Wildman–Crippen MR) is 70.9 cm³/mol. The molecule has 1 aromatic carbocycles. The molecule has 2 rings (SSSR count). The topological polar surface area (TPSA) is 91.1 Å². The molecule has 2 aromatic rings. The van der Waals surface area contributed by atoms with Gasteiger partial charge in [0, 0.05) is 12.6 Å². The normalized spacial score (nSPS) is 11.7. The van der Waals surface area contributed by atoms with Crippen LogP contribution in [0.2, 0.25) is 0 Å². The van der Waals surface area contributed by atoms with Gasteiger partial charge < -0.3 is 4.98 Å². The van der Waals surface area contributed by atoms with E-state index in [2.05, 4.69) is 14.4 Å². The first-order valence-corrected chi connectivity index (χ1v) is 6.74. The first-order chi connectivity index (χ1) is 8.41. The number of rotatable bonds is 3. The minimum Gasteiger partial charge on any atom is -0.322 e. The molecule has 0 atom stereocenters. The van der Waals surface area contributed by atoms with E-state index in [1.807, 2.05) is 0 Å². The van der Waals surface area contributed by atoms with Gasteiger partial charge in [-0.3, -0.25) is 9.52 Å². The molecule has 96 valence electrons. The number of benzene rings is 1. The molecular weight excluding hydrogens is 254 g/mol. The van der Waals surface area contributed by atoms with E-state index in [0.717, 1.165) is 5.39 Å². The second-order valence-electron chi connectivity index (χ2n) is 3.89. The van der Waals surface area contributed by atoms with Crippen molar-refractivity contribution in [1.29, 1.82) is 0 Å². The molecular formula is C11H13N3O3S. The maximum absolute atomic E-state index is 11.5. The average Bonchev–Trinajstić information content (AvgIpc) is 2.31. The quantitative estimate of drug-likeness (QED) is 0.765. The standard InChI is InChI=1S/C11H13N3O3S/c1-7-5-8-3-4-9(14-18(16,17)12-2)6-10(8)13-11(7)15/h3-6,12,14H,1-2H3,(H,13,15). The molecule has 1 aromatic heterocycles. The molecule has 0 spiro atoms. The zero-order valence-electron chi connectivity index (χ0n) is 9.94.